The first kappa shape index (κ1) is 25.5. The number of aliphatic hydroxyl groups is 1. The third kappa shape index (κ3) is 3.67. The molecule has 0 saturated carbocycles. The molecule has 2 fully saturated rings. The van der Waals surface area contributed by atoms with Crippen LogP contribution in [0.5, 0.6) is 0 Å². The van der Waals surface area contributed by atoms with Gasteiger partial charge in [0.2, 0.25) is 5.43 Å². The Morgan fingerprint density at radius 2 is 1.98 bits per heavy atom. The normalized spacial score (nSPS) is 20.8. The highest BCUT2D eigenvalue weighted by atomic mass is 19.2. The van der Waals surface area contributed by atoms with Gasteiger partial charge in [-0.05, 0) is 11.6 Å². The van der Waals surface area contributed by atoms with Crippen molar-refractivity contribution in [1.82, 2.24) is 14.5 Å². The van der Waals surface area contributed by atoms with Gasteiger partial charge in [0.1, 0.15) is 11.2 Å². The molecule has 3 N–H and O–H groups in total. The van der Waals surface area contributed by atoms with Gasteiger partial charge in [0.15, 0.2) is 11.6 Å². The zero-order valence-corrected chi connectivity index (χ0v) is 22.1. The monoisotopic (exact) mass is 561 g/mol. The van der Waals surface area contributed by atoms with Crippen molar-refractivity contribution in [2.75, 3.05) is 37.0 Å². The van der Waals surface area contributed by atoms with E-state index in [4.69, 9.17) is 4.74 Å². The van der Waals surface area contributed by atoms with Crippen molar-refractivity contribution in [3.63, 3.8) is 0 Å². The fourth-order valence-corrected chi connectivity index (χ4v) is 6.51. The van der Waals surface area contributed by atoms with Gasteiger partial charge in [0.25, 0.3) is 0 Å². The molecule has 1 aromatic carbocycles. The first-order valence-electron chi connectivity index (χ1n) is 13.2. The Hall–Kier alpha value is -4.42. The molecule has 4 aromatic rings. The van der Waals surface area contributed by atoms with Crippen molar-refractivity contribution in [3.8, 4) is 22.3 Å². The largest absolute Gasteiger partial charge is 0.477 e. The molecule has 5 heterocycles. The number of rotatable bonds is 4. The molecule has 12 heteroatoms. The van der Waals surface area contributed by atoms with Crippen molar-refractivity contribution < 1.29 is 28.5 Å². The number of hydrogen-bond acceptors (Lipinski definition) is 8. The van der Waals surface area contributed by atoms with E-state index >= 15 is 4.39 Å². The number of pyridine rings is 3. The average Bonchev–Trinajstić information content (AvgIpc) is 3.65. The Kier molecular flexibility index (Phi) is 5.64. The molecule has 0 amide bonds. The van der Waals surface area contributed by atoms with Crippen LogP contribution in [0.25, 0.3) is 33.3 Å². The van der Waals surface area contributed by atoms with E-state index < -0.39 is 34.7 Å². The van der Waals surface area contributed by atoms with Crippen molar-refractivity contribution in [2.45, 2.75) is 18.6 Å². The van der Waals surface area contributed by atoms with Crippen LogP contribution in [0.3, 0.4) is 0 Å². The van der Waals surface area contributed by atoms with Gasteiger partial charge in [-0.25, -0.2) is 18.6 Å². The molecule has 10 nitrogen and oxygen atoms in total. The fraction of sp³-hybridized carbons (Fsp3) is 0.310. The molecule has 0 bridgehead atoms. The third-order valence-electron chi connectivity index (χ3n) is 8.48. The van der Waals surface area contributed by atoms with E-state index in [1.165, 1.54) is 10.8 Å². The number of carboxylic acid groups (broad SMARTS) is 1. The maximum atomic E-state index is 15.6. The molecule has 41 heavy (non-hydrogen) atoms. The lowest BCUT2D eigenvalue weighted by Crippen LogP contribution is -2.27. The number of aryl methyl sites for hydroxylation is 1. The molecule has 3 aromatic heterocycles. The number of anilines is 2. The Bertz CT molecular complexity index is 1860. The highest BCUT2D eigenvalue weighted by Crippen LogP contribution is 2.51. The van der Waals surface area contributed by atoms with E-state index in [2.05, 4.69) is 15.3 Å². The quantitative estimate of drug-likeness (QED) is 0.303. The number of aromatic carboxylic acids is 1. The number of carbonyl (C=O) groups is 1. The lowest BCUT2D eigenvalue weighted by molar-refractivity contribution is 0.0695. The second-order valence-corrected chi connectivity index (χ2v) is 10.7. The maximum Gasteiger partial charge on any atom is 0.341 e. The number of nitrogens with zero attached hydrogens (tertiary/aromatic N) is 4. The first-order chi connectivity index (χ1) is 19.7. The first-order valence-corrected chi connectivity index (χ1v) is 13.2. The average molecular weight is 562 g/mol. The third-order valence-corrected chi connectivity index (χ3v) is 8.48. The zero-order chi connectivity index (χ0) is 28.7. The zero-order valence-electron chi connectivity index (χ0n) is 22.1. The summed E-state index contributed by atoms with van der Waals surface area (Å²) in [5.41, 5.74) is 2.92. The highest BCUT2D eigenvalue weighted by Gasteiger charge is 2.45. The Morgan fingerprint density at radius 3 is 2.71 bits per heavy atom. The number of halogens is 2. The van der Waals surface area contributed by atoms with Crippen LogP contribution >= 0.6 is 0 Å². The summed E-state index contributed by atoms with van der Waals surface area (Å²) in [7, 11) is 3.24. The summed E-state index contributed by atoms with van der Waals surface area (Å²) in [6.45, 7) is 1.05. The Morgan fingerprint density at radius 1 is 1.17 bits per heavy atom. The van der Waals surface area contributed by atoms with Gasteiger partial charge in [-0.15, -0.1) is 0 Å². The van der Waals surface area contributed by atoms with E-state index in [1.54, 1.807) is 32.6 Å². The van der Waals surface area contributed by atoms with E-state index in [0.29, 0.717) is 58.1 Å². The highest BCUT2D eigenvalue weighted by molar-refractivity contribution is 5.98. The summed E-state index contributed by atoms with van der Waals surface area (Å²) >= 11 is 0. The Labute approximate surface area is 231 Å². The number of fused-ring (bicyclic) bond motifs is 5. The van der Waals surface area contributed by atoms with Crippen molar-refractivity contribution >= 4 is 28.4 Å². The van der Waals surface area contributed by atoms with Gasteiger partial charge in [0.05, 0.1) is 35.6 Å². The van der Waals surface area contributed by atoms with Crippen LogP contribution in [-0.4, -0.2) is 69.7 Å². The van der Waals surface area contributed by atoms with E-state index in [9.17, 15) is 24.2 Å². The van der Waals surface area contributed by atoms with Gasteiger partial charge in [-0.3, -0.25) is 9.78 Å². The topological polar surface area (TPSA) is 130 Å². The van der Waals surface area contributed by atoms with Crippen molar-refractivity contribution in [2.24, 2.45) is 13.0 Å². The van der Waals surface area contributed by atoms with Crippen LogP contribution in [0, 0.1) is 17.6 Å². The summed E-state index contributed by atoms with van der Waals surface area (Å²) in [6.07, 6.45) is 3.78. The molecule has 2 saturated heterocycles. The number of aliphatic hydroxyl groups excluding tert-OH is 1. The molecule has 1 aliphatic carbocycles. The van der Waals surface area contributed by atoms with Crippen LogP contribution in [0.1, 0.15) is 21.6 Å². The molecule has 2 aliphatic heterocycles. The molecular weight excluding hydrogens is 536 g/mol. The minimum Gasteiger partial charge on any atom is -0.477 e. The summed E-state index contributed by atoms with van der Waals surface area (Å²) < 4.78 is 37.7. The smallest absolute Gasteiger partial charge is 0.341 e. The standard InChI is InChI=1S/C29H25F2N5O5/c1-32-19-5-18(30)25(31)23-13(19)4-20-24(23)26(36-9-16-21(37)11-41-22(16)10-36)15(7-33-20)12-3-14-27(38)17(29(39)40)8-35(2)28(14)34-6-12/h3,5-8,16,21-22,32,37H,4,9-11H2,1-2H3,(H,39,40)/t16?,21?,22-/m1/s1. The molecular formula is C29H25F2N5O5. The molecule has 2 unspecified atom stereocenters. The summed E-state index contributed by atoms with van der Waals surface area (Å²) in [6, 6.07) is 2.69. The van der Waals surface area contributed by atoms with Crippen molar-refractivity contribution in [3.05, 3.63) is 69.4 Å². The predicted octanol–water partition coefficient (Wildman–Crippen LogP) is 2.78. The fourth-order valence-electron chi connectivity index (χ4n) is 6.51. The number of hydrogen-bond donors (Lipinski definition) is 3. The van der Waals surface area contributed by atoms with Gasteiger partial charge in [-0.2, -0.15) is 0 Å². The minimum atomic E-state index is -1.35. The van der Waals surface area contributed by atoms with E-state index in [1.807, 2.05) is 4.90 Å². The van der Waals surface area contributed by atoms with Crippen LogP contribution in [0.15, 0.2) is 35.5 Å². The van der Waals surface area contributed by atoms with Crippen LogP contribution < -0.4 is 15.6 Å². The van der Waals surface area contributed by atoms with Gasteiger partial charge in [0, 0.05) is 92.1 Å². The summed E-state index contributed by atoms with van der Waals surface area (Å²) in [5, 5.41) is 23.1. The Balaban J connectivity index is 1.50. The van der Waals surface area contributed by atoms with Crippen LogP contribution in [0.4, 0.5) is 20.2 Å². The van der Waals surface area contributed by atoms with E-state index in [-0.39, 0.29) is 36.0 Å². The van der Waals surface area contributed by atoms with Gasteiger partial charge < -0.3 is 29.7 Å². The number of nitrogens with one attached hydrogen (secondary N) is 1. The molecule has 3 atom stereocenters. The predicted molar refractivity (Wildman–Crippen MR) is 146 cm³/mol. The van der Waals surface area contributed by atoms with E-state index in [0.717, 1.165) is 6.07 Å². The second kappa shape index (κ2) is 9.05. The lowest BCUT2D eigenvalue weighted by Gasteiger charge is -2.26. The lowest BCUT2D eigenvalue weighted by atomic mass is 9.97. The molecule has 0 spiro atoms. The SMILES string of the molecule is CNc1cc(F)c(F)c2c1Cc1ncc(-c3cnc4c(c3)c(=O)c(C(=O)O)cn4C)c(N3CC4C(O)CO[C@@H]4C3)c1-2. The van der Waals surface area contributed by atoms with Gasteiger partial charge >= 0.3 is 5.97 Å². The molecule has 7 rings (SSSR count). The molecule has 210 valence electrons. The number of benzene rings is 1. The number of aromatic nitrogens is 3. The van der Waals surface area contributed by atoms with Crippen LogP contribution in [0.2, 0.25) is 0 Å². The van der Waals surface area contributed by atoms with Gasteiger partial charge in [-0.1, -0.05) is 0 Å². The summed E-state index contributed by atoms with van der Waals surface area (Å²) in [5.74, 6) is -3.50. The summed E-state index contributed by atoms with van der Waals surface area (Å²) in [4.78, 5) is 35.9. The number of carboxylic acids is 1. The van der Waals surface area contributed by atoms with Crippen LogP contribution in [-0.2, 0) is 18.2 Å². The van der Waals surface area contributed by atoms with Crippen molar-refractivity contribution in [1.29, 1.82) is 0 Å². The second-order valence-electron chi connectivity index (χ2n) is 10.7. The molecule has 0 radical (unpaired) electrons. The maximum absolute atomic E-state index is 15.6. The number of ether oxygens (including phenoxy) is 1. The minimum absolute atomic E-state index is 0.100. The molecule has 3 aliphatic rings.